The first kappa shape index (κ1) is 21.1. The monoisotopic (exact) mass is 392 g/mol. The number of rotatable bonds is 6. The Morgan fingerprint density at radius 2 is 1.67 bits per heavy atom. The molecule has 1 N–H and O–H groups in total. The molecule has 0 heterocycles. The summed E-state index contributed by atoms with van der Waals surface area (Å²) in [4.78, 5) is 12.9. The molecule has 2 aromatic rings. The number of benzene rings is 2. The van der Waals surface area contributed by atoms with Crippen LogP contribution >= 0.6 is 0 Å². The van der Waals surface area contributed by atoms with Gasteiger partial charge in [0.1, 0.15) is 5.82 Å². The molecule has 0 fully saturated rings. The van der Waals surface area contributed by atoms with Crippen LogP contribution in [0.5, 0.6) is 0 Å². The van der Waals surface area contributed by atoms with Gasteiger partial charge in [-0.1, -0.05) is 32.0 Å². The number of aryl methyl sites for hydroxylation is 1. The quantitative estimate of drug-likeness (QED) is 0.818. The normalized spacial score (nSPS) is 13.0. The molecule has 0 spiro atoms. The van der Waals surface area contributed by atoms with E-state index >= 15 is 0 Å². The van der Waals surface area contributed by atoms with E-state index in [2.05, 4.69) is 5.32 Å². The maximum atomic E-state index is 13.2. The molecule has 0 bridgehead atoms. The van der Waals surface area contributed by atoms with Gasteiger partial charge < -0.3 is 5.32 Å². The first-order valence-corrected chi connectivity index (χ1v) is 10.1. The van der Waals surface area contributed by atoms with Crippen LogP contribution < -0.4 is 5.32 Å². The van der Waals surface area contributed by atoms with Crippen molar-refractivity contribution in [3.63, 3.8) is 0 Å². The number of nitrogens with zero attached hydrogens (tertiary/aromatic N) is 1. The smallest absolute Gasteiger partial charge is 0.252 e. The maximum Gasteiger partial charge on any atom is 0.252 e. The molecule has 146 valence electrons. The Morgan fingerprint density at radius 3 is 2.19 bits per heavy atom. The lowest BCUT2D eigenvalue weighted by atomic mass is 9.95. The summed E-state index contributed by atoms with van der Waals surface area (Å²) in [5, 5.41) is 2.95. The van der Waals surface area contributed by atoms with Crippen molar-refractivity contribution in [2.45, 2.75) is 31.7 Å². The van der Waals surface area contributed by atoms with Crippen LogP contribution in [0.4, 0.5) is 4.39 Å². The van der Waals surface area contributed by atoms with Crippen molar-refractivity contribution in [1.82, 2.24) is 9.62 Å². The van der Waals surface area contributed by atoms with Crippen LogP contribution in [0.15, 0.2) is 47.4 Å². The average Bonchev–Trinajstić information content (AvgIpc) is 2.60. The van der Waals surface area contributed by atoms with E-state index in [0.29, 0.717) is 11.1 Å². The first-order valence-electron chi connectivity index (χ1n) is 8.63. The van der Waals surface area contributed by atoms with E-state index in [0.717, 1.165) is 9.87 Å². The van der Waals surface area contributed by atoms with Gasteiger partial charge in [-0.2, -0.15) is 0 Å². The van der Waals surface area contributed by atoms with Crippen LogP contribution in [0.2, 0.25) is 0 Å². The van der Waals surface area contributed by atoms with Crippen molar-refractivity contribution in [2.24, 2.45) is 5.92 Å². The molecule has 0 saturated heterocycles. The number of carbonyl (C=O) groups is 1. The predicted molar refractivity (Wildman–Crippen MR) is 103 cm³/mol. The van der Waals surface area contributed by atoms with Gasteiger partial charge >= 0.3 is 0 Å². The van der Waals surface area contributed by atoms with Crippen molar-refractivity contribution in [3.05, 3.63) is 65.0 Å². The van der Waals surface area contributed by atoms with Crippen LogP contribution in [0.25, 0.3) is 0 Å². The Kier molecular flexibility index (Phi) is 6.38. The molecule has 1 amide bonds. The molecule has 1 atom stereocenters. The van der Waals surface area contributed by atoms with Crippen molar-refractivity contribution in [3.8, 4) is 0 Å². The van der Waals surface area contributed by atoms with Crippen LogP contribution in [-0.4, -0.2) is 32.7 Å². The van der Waals surface area contributed by atoms with E-state index in [1.54, 1.807) is 25.1 Å². The molecular weight excluding hydrogens is 367 g/mol. The SMILES string of the molecule is Cc1ccc(S(=O)(=O)N(C)C)cc1C(=O)N[C@H](c1ccc(F)cc1)C(C)C. The minimum absolute atomic E-state index is 0.0612. The molecule has 2 rings (SSSR count). The van der Waals surface area contributed by atoms with E-state index in [-0.39, 0.29) is 28.6 Å². The summed E-state index contributed by atoms with van der Waals surface area (Å²) in [6, 6.07) is 10.2. The Bertz CT molecular complexity index is 923. The average molecular weight is 392 g/mol. The molecule has 0 aliphatic heterocycles. The van der Waals surface area contributed by atoms with Gasteiger partial charge in [-0.15, -0.1) is 0 Å². The van der Waals surface area contributed by atoms with Crippen molar-refractivity contribution >= 4 is 15.9 Å². The number of nitrogens with one attached hydrogen (secondary N) is 1. The molecule has 0 aliphatic carbocycles. The minimum atomic E-state index is -3.64. The van der Waals surface area contributed by atoms with Crippen molar-refractivity contribution in [2.75, 3.05) is 14.1 Å². The molecule has 2 aromatic carbocycles. The number of sulfonamides is 1. The summed E-state index contributed by atoms with van der Waals surface area (Å²) in [6.45, 7) is 5.66. The summed E-state index contributed by atoms with van der Waals surface area (Å²) in [6.07, 6.45) is 0. The summed E-state index contributed by atoms with van der Waals surface area (Å²) in [7, 11) is -0.754. The molecule has 27 heavy (non-hydrogen) atoms. The lowest BCUT2D eigenvalue weighted by Gasteiger charge is -2.23. The zero-order chi connectivity index (χ0) is 20.4. The molecule has 0 radical (unpaired) electrons. The molecule has 0 aromatic heterocycles. The number of amides is 1. The molecule has 0 aliphatic rings. The first-order chi connectivity index (χ1) is 12.5. The molecule has 5 nitrogen and oxygen atoms in total. The zero-order valence-electron chi connectivity index (χ0n) is 16.2. The van der Waals surface area contributed by atoms with Crippen molar-refractivity contribution in [1.29, 1.82) is 0 Å². The van der Waals surface area contributed by atoms with Gasteiger partial charge in [-0.05, 0) is 48.2 Å². The van der Waals surface area contributed by atoms with Crippen LogP contribution in [-0.2, 0) is 10.0 Å². The Hall–Kier alpha value is -2.25. The number of hydrogen-bond donors (Lipinski definition) is 1. The highest BCUT2D eigenvalue weighted by molar-refractivity contribution is 7.89. The number of hydrogen-bond acceptors (Lipinski definition) is 3. The highest BCUT2D eigenvalue weighted by Gasteiger charge is 2.23. The molecular formula is C20H25FN2O3S. The highest BCUT2D eigenvalue weighted by atomic mass is 32.2. The molecule has 0 saturated carbocycles. The maximum absolute atomic E-state index is 13.2. The third-order valence-electron chi connectivity index (χ3n) is 4.41. The predicted octanol–water partition coefficient (Wildman–Crippen LogP) is 3.51. The summed E-state index contributed by atoms with van der Waals surface area (Å²) < 4.78 is 39.0. The summed E-state index contributed by atoms with van der Waals surface area (Å²) >= 11 is 0. The van der Waals surface area contributed by atoms with Gasteiger partial charge in [0.15, 0.2) is 0 Å². The van der Waals surface area contributed by atoms with Crippen molar-refractivity contribution < 1.29 is 17.6 Å². The van der Waals surface area contributed by atoms with Crippen LogP contribution in [0.1, 0.15) is 41.4 Å². The lowest BCUT2D eigenvalue weighted by Crippen LogP contribution is -2.32. The second kappa shape index (κ2) is 8.19. The van der Waals surface area contributed by atoms with Gasteiger partial charge in [0.05, 0.1) is 10.9 Å². The second-order valence-corrected chi connectivity index (χ2v) is 9.16. The fourth-order valence-electron chi connectivity index (χ4n) is 2.74. The lowest BCUT2D eigenvalue weighted by molar-refractivity contribution is 0.0924. The largest absolute Gasteiger partial charge is 0.345 e. The number of halogens is 1. The van der Waals surface area contributed by atoms with Gasteiger partial charge in [0.25, 0.3) is 5.91 Å². The summed E-state index contributed by atoms with van der Waals surface area (Å²) in [5.41, 5.74) is 1.76. The van der Waals surface area contributed by atoms with E-state index in [4.69, 9.17) is 0 Å². The Labute approximate surface area is 160 Å². The zero-order valence-corrected chi connectivity index (χ0v) is 17.0. The van der Waals surface area contributed by atoms with Gasteiger partial charge in [0, 0.05) is 19.7 Å². The summed E-state index contributed by atoms with van der Waals surface area (Å²) in [5.74, 6) is -0.648. The number of carbonyl (C=O) groups excluding carboxylic acids is 1. The molecule has 0 unspecified atom stereocenters. The van der Waals surface area contributed by atoms with Crippen LogP contribution in [0, 0.1) is 18.7 Å². The topological polar surface area (TPSA) is 66.5 Å². The Morgan fingerprint density at radius 1 is 1.07 bits per heavy atom. The van der Waals surface area contributed by atoms with E-state index < -0.39 is 10.0 Å². The third-order valence-corrected chi connectivity index (χ3v) is 6.23. The highest BCUT2D eigenvalue weighted by Crippen LogP contribution is 2.24. The molecule has 7 heteroatoms. The van der Waals surface area contributed by atoms with E-state index in [9.17, 15) is 17.6 Å². The van der Waals surface area contributed by atoms with Crippen LogP contribution in [0.3, 0.4) is 0 Å². The van der Waals surface area contributed by atoms with Gasteiger partial charge in [-0.3, -0.25) is 4.79 Å². The Balaban J connectivity index is 2.37. The fourth-order valence-corrected chi connectivity index (χ4v) is 3.67. The van der Waals surface area contributed by atoms with Gasteiger partial charge in [0.2, 0.25) is 10.0 Å². The standard InChI is InChI=1S/C20H25FN2O3S/c1-13(2)19(15-7-9-16(21)10-8-15)22-20(24)18-12-17(11-6-14(18)3)27(25,26)23(4)5/h6-13,19H,1-5H3,(H,22,24)/t19-/m0/s1. The van der Waals surface area contributed by atoms with Gasteiger partial charge in [-0.25, -0.2) is 17.1 Å². The second-order valence-electron chi connectivity index (χ2n) is 7.01. The minimum Gasteiger partial charge on any atom is -0.345 e. The third kappa shape index (κ3) is 4.73. The van der Waals surface area contributed by atoms with E-state index in [1.165, 1.54) is 38.4 Å². The van der Waals surface area contributed by atoms with E-state index in [1.807, 2.05) is 13.8 Å². The fraction of sp³-hybridized carbons (Fsp3) is 0.350.